The predicted octanol–water partition coefficient (Wildman–Crippen LogP) is 2.78. The molecule has 0 radical (unpaired) electrons. The summed E-state index contributed by atoms with van der Waals surface area (Å²) in [6, 6.07) is 2.64. The first-order valence-corrected chi connectivity index (χ1v) is 6.51. The van der Waals surface area contributed by atoms with Crippen LogP contribution in [-0.4, -0.2) is 23.1 Å². The summed E-state index contributed by atoms with van der Waals surface area (Å²) in [6.07, 6.45) is 3.85. The Morgan fingerprint density at radius 1 is 1.18 bits per heavy atom. The summed E-state index contributed by atoms with van der Waals surface area (Å²) in [7, 11) is 2.03. The van der Waals surface area contributed by atoms with Crippen LogP contribution in [0.3, 0.4) is 0 Å². The van der Waals surface area contributed by atoms with Crippen LogP contribution in [0.5, 0.6) is 0 Å². The van der Waals surface area contributed by atoms with Gasteiger partial charge in [0.1, 0.15) is 6.33 Å². The van der Waals surface area contributed by atoms with E-state index in [-0.39, 0.29) is 0 Å². The van der Waals surface area contributed by atoms with Crippen LogP contribution in [0.15, 0.2) is 12.4 Å². The van der Waals surface area contributed by atoms with E-state index in [9.17, 15) is 0 Å². The van der Waals surface area contributed by atoms with E-state index in [2.05, 4.69) is 49.0 Å². The lowest BCUT2D eigenvalue weighted by Gasteiger charge is -2.18. The average Bonchev–Trinajstić information content (AvgIpc) is 2.28. The summed E-state index contributed by atoms with van der Waals surface area (Å²) >= 11 is 0. The molecule has 0 fully saturated rings. The van der Waals surface area contributed by atoms with E-state index in [1.165, 1.54) is 6.42 Å². The van der Waals surface area contributed by atoms with Crippen LogP contribution < -0.4 is 5.32 Å². The van der Waals surface area contributed by atoms with Crippen LogP contribution in [0.1, 0.15) is 51.4 Å². The molecule has 1 aromatic heterocycles. The molecular formula is C14H25N3. The van der Waals surface area contributed by atoms with Crippen LogP contribution in [0.2, 0.25) is 0 Å². The molecule has 0 spiro atoms. The maximum Gasteiger partial charge on any atom is 0.115 e. The lowest BCUT2D eigenvalue weighted by Crippen LogP contribution is -2.29. The Bertz CT molecular complexity index is 334. The first-order valence-electron chi connectivity index (χ1n) is 6.51. The van der Waals surface area contributed by atoms with Crippen molar-refractivity contribution in [3.8, 4) is 0 Å². The van der Waals surface area contributed by atoms with Crippen molar-refractivity contribution in [2.75, 3.05) is 7.05 Å². The van der Waals surface area contributed by atoms with Gasteiger partial charge in [0.25, 0.3) is 0 Å². The van der Waals surface area contributed by atoms with Gasteiger partial charge in [-0.15, -0.1) is 0 Å². The number of hydrogen-bond donors (Lipinski definition) is 1. The van der Waals surface area contributed by atoms with Crippen LogP contribution in [0.25, 0.3) is 0 Å². The van der Waals surface area contributed by atoms with Crippen molar-refractivity contribution in [2.45, 2.75) is 52.5 Å². The van der Waals surface area contributed by atoms with E-state index in [4.69, 9.17) is 0 Å². The van der Waals surface area contributed by atoms with Gasteiger partial charge in [-0.05, 0) is 31.4 Å². The zero-order valence-corrected chi connectivity index (χ0v) is 11.7. The number of aromatic nitrogens is 2. The summed E-state index contributed by atoms with van der Waals surface area (Å²) in [4.78, 5) is 8.67. The summed E-state index contributed by atoms with van der Waals surface area (Å²) < 4.78 is 0. The quantitative estimate of drug-likeness (QED) is 0.824. The fraction of sp³-hybridized carbons (Fsp3) is 0.714. The molecule has 0 aliphatic heterocycles. The van der Waals surface area contributed by atoms with Crippen molar-refractivity contribution in [2.24, 2.45) is 5.92 Å². The van der Waals surface area contributed by atoms with E-state index in [0.29, 0.717) is 17.9 Å². The number of rotatable bonds is 6. The molecule has 1 unspecified atom stereocenters. The van der Waals surface area contributed by atoms with Gasteiger partial charge in [-0.2, -0.15) is 0 Å². The molecule has 96 valence electrons. The van der Waals surface area contributed by atoms with Gasteiger partial charge in [0.2, 0.25) is 0 Å². The molecule has 1 atom stereocenters. The molecule has 0 amide bonds. The van der Waals surface area contributed by atoms with E-state index in [0.717, 1.165) is 17.8 Å². The molecule has 0 aliphatic carbocycles. The first-order chi connectivity index (χ1) is 8.02. The van der Waals surface area contributed by atoms with Gasteiger partial charge in [-0.1, -0.05) is 27.7 Å². The second-order valence-corrected chi connectivity index (χ2v) is 5.41. The molecule has 1 rings (SSSR count). The highest BCUT2D eigenvalue weighted by Crippen LogP contribution is 2.14. The molecule has 1 heterocycles. The van der Waals surface area contributed by atoms with Crippen molar-refractivity contribution >= 4 is 0 Å². The SMILES string of the molecule is CNC(Cc1cc(C(C)C)ncn1)CC(C)C. The Balaban J connectivity index is 2.69. The second-order valence-electron chi connectivity index (χ2n) is 5.41. The van der Waals surface area contributed by atoms with Gasteiger partial charge in [0.15, 0.2) is 0 Å². The van der Waals surface area contributed by atoms with Gasteiger partial charge in [0, 0.05) is 23.9 Å². The topological polar surface area (TPSA) is 37.8 Å². The van der Waals surface area contributed by atoms with Crippen molar-refractivity contribution < 1.29 is 0 Å². The predicted molar refractivity (Wildman–Crippen MR) is 72.1 cm³/mol. The number of nitrogens with zero attached hydrogens (tertiary/aromatic N) is 2. The van der Waals surface area contributed by atoms with Crippen LogP contribution in [-0.2, 0) is 6.42 Å². The van der Waals surface area contributed by atoms with Gasteiger partial charge in [0.05, 0.1) is 0 Å². The van der Waals surface area contributed by atoms with Gasteiger partial charge in [-0.3, -0.25) is 0 Å². The molecule has 1 aromatic rings. The highest BCUT2D eigenvalue weighted by molar-refractivity contribution is 5.12. The van der Waals surface area contributed by atoms with Gasteiger partial charge < -0.3 is 5.32 Å². The minimum atomic E-state index is 0.467. The maximum atomic E-state index is 4.37. The highest BCUT2D eigenvalue weighted by Gasteiger charge is 2.11. The average molecular weight is 235 g/mol. The number of likely N-dealkylation sites (N-methyl/N-ethyl adjacent to an activating group) is 1. The van der Waals surface area contributed by atoms with E-state index in [1.807, 2.05) is 7.05 Å². The summed E-state index contributed by atoms with van der Waals surface area (Å²) in [6.45, 7) is 8.83. The molecule has 17 heavy (non-hydrogen) atoms. The maximum absolute atomic E-state index is 4.37. The molecule has 0 aliphatic rings. The van der Waals surface area contributed by atoms with Gasteiger partial charge >= 0.3 is 0 Å². The first kappa shape index (κ1) is 14.1. The number of hydrogen-bond acceptors (Lipinski definition) is 3. The fourth-order valence-electron chi connectivity index (χ4n) is 1.97. The normalized spacial score (nSPS) is 13.4. The van der Waals surface area contributed by atoms with E-state index < -0.39 is 0 Å². The summed E-state index contributed by atoms with van der Waals surface area (Å²) in [5.41, 5.74) is 2.28. The molecule has 3 heteroatoms. The molecular weight excluding hydrogens is 210 g/mol. The third-order valence-corrected chi connectivity index (χ3v) is 2.96. The smallest absolute Gasteiger partial charge is 0.115 e. The third kappa shape index (κ3) is 4.82. The minimum Gasteiger partial charge on any atom is -0.317 e. The summed E-state index contributed by atoms with van der Waals surface area (Å²) in [5.74, 6) is 1.17. The van der Waals surface area contributed by atoms with Crippen LogP contribution in [0, 0.1) is 5.92 Å². The lowest BCUT2D eigenvalue weighted by molar-refractivity contribution is 0.438. The van der Waals surface area contributed by atoms with Crippen molar-refractivity contribution in [3.63, 3.8) is 0 Å². The van der Waals surface area contributed by atoms with E-state index in [1.54, 1.807) is 6.33 Å². The Hall–Kier alpha value is -0.960. The van der Waals surface area contributed by atoms with E-state index >= 15 is 0 Å². The second kappa shape index (κ2) is 6.70. The Morgan fingerprint density at radius 2 is 1.88 bits per heavy atom. The molecule has 0 bridgehead atoms. The van der Waals surface area contributed by atoms with Crippen molar-refractivity contribution in [1.29, 1.82) is 0 Å². The Labute approximate surface area is 105 Å². The molecule has 0 aromatic carbocycles. The lowest BCUT2D eigenvalue weighted by atomic mass is 9.99. The monoisotopic (exact) mass is 235 g/mol. The van der Waals surface area contributed by atoms with Crippen molar-refractivity contribution in [3.05, 3.63) is 23.8 Å². The zero-order chi connectivity index (χ0) is 12.8. The molecule has 0 saturated carbocycles. The zero-order valence-electron chi connectivity index (χ0n) is 11.7. The van der Waals surface area contributed by atoms with Gasteiger partial charge in [-0.25, -0.2) is 9.97 Å². The molecule has 1 N–H and O–H groups in total. The fourth-order valence-corrected chi connectivity index (χ4v) is 1.97. The molecule has 0 saturated heterocycles. The minimum absolute atomic E-state index is 0.467. The van der Waals surface area contributed by atoms with Crippen LogP contribution >= 0.6 is 0 Å². The Morgan fingerprint density at radius 3 is 2.41 bits per heavy atom. The standard InChI is InChI=1S/C14H25N3/c1-10(2)6-12(15-5)7-13-8-14(11(3)4)17-9-16-13/h8-12,15H,6-7H2,1-5H3. The number of nitrogens with one attached hydrogen (secondary N) is 1. The molecule has 3 nitrogen and oxygen atoms in total. The highest BCUT2D eigenvalue weighted by atomic mass is 14.9. The van der Waals surface area contributed by atoms with Crippen LogP contribution in [0.4, 0.5) is 0 Å². The largest absolute Gasteiger partial charge is 0.317 e. The van der Waals surface area contributed by atoms with Crippen molar-refractivity contribution in [1.82, 2.24) is 15.3 Å². The summed E-state index contributed by atoms with van der Waals surface area (Å²) in [5, 5.41) is 3.37. The Kier molecular flexibility index (Phi) is 5.56. The third-order valence-electron chi connectivity index (χ3n) is 2.96.